The minimum atomic E-state index is -4.26. The largest absolute Gasteiger partial charge is 0.411 e. The van der Waals surface area contributed by atoms with Crippen molar-refractivity contribution in [1.29, 1.82) is 0 Å². The molecule has 0 saturated heterocycles. The molecule has 0 aromatic carbocycles. The van der Waals surface area contributed by atoms with Gasteiger partial charge in [-0.25, -0.2) is 0 Å². The van der Waals surface area contributed by atoms with Crippen molar-refractivity contribution < 1.29 is 17.9 Å². The molecular formula is C10H16F3N3O. The Morgan fingerprint density at radius 3 is 2.88 bits per heavy atom. The lowest BCUT2D eigenvalue weighted by Gasteiger charge is -2.07. The van der Waals surface area contributed by atoms with Crippen LogP contribution in [0.1, 0.15) is 12.5 Å². The standard InChI is InChI=1S/C10H16F3N3O/c1-2-14-5-9-6-15-16(7-9)3-4-17-8-10(11,12)13/h6-7,14H,2-5,8H2,1H3. The monoisotopic (exact) mass is 251 g/mol. The summed E-state index contributed by atoms with van der Waals surface area (Å²) < 4.78 is 41.4. The second-order valence-electron chi connectivity index (χ2n) is 3.56. The minimum Gasteiger partial charge on any atom is -0.370 e. The van der Waals surface area contributed by atoms with Crippen molar-refractivity contribution in [2.45, 2.75) is 26.2 Å². The highest BCUT2D eigenvalue weighted by Gasteiger charge is 2.27. The molecule has 1 aromatic rings. The molecule has 17 heavy (non-hydrogen) atoms. The van der Waals surface area contributed by atoms with Crippen molar-refractivity contribution in [3.63, 3.8) is 0 Å². The molecule has 1 heterocycles. The van der Waals surface area contributed by atoms with Crippen LogP contribution in [0.3, 0.4) is 0 Å². The highest BCUT2D eigenvalue weighted by Crippen LogP contribution is 2.14. The first-order chi connectivity index (χ1) is 8.01. The second-order valence-corrected chi connectivity index (χ2v) is 3.56. The first-order valence-corrected chi connectivity index (χ1v) is 5.38. The van der Waals surface area contributed by atoms with Gasteiger partial charge in [0.05, 0.1) is 19.3 Å². The lowest BCUT2D eigenvalue weighted by Crippen LogP contribution is -2.19. The van der Waals surface area contributed by atoms with E-state index in [0.717, 1.165) is 12.1 Å². The predicted octanol–water partition coefficient (Wildman–Crippen LogP) is 1.57. The Kier molecular flexibility index (Phi) is 5.43. The average molecular weight is 251 g/mol. The van der Waals surface area contributed by atoms with Gasteiger partial charge in [0.1, 0.15) is 6.61 Å². The van der Waals surface area contributed by atoms with Crippen molar-refractivity contribution in [3.8, 4) is 0 Å². The summed E-state index contributed by atoms with van der Waals surface area (Å²) in [7, 11) is 0. The molecule has 0 radical (unpaired) electrons. The SMILES string of the molecule is CCNCc1cnn(CCOCC(F)(F)F)c1. The molecule has 0 bridgehead atoms. The third-order valence-electron chi connectivity index (χ3n) is 2.00. The summed E-state index contributed by atoms with van der Waals surface area (Å²) in [5, 5.41) is 7.15. The number of hydrogen-bond acceptors (Lipinski definition) is 3. The molecule has 0 fully saturated rings. The third-order valence-corrected chi connectivity index (χ3v) is 2.00. The molecule has 0 aliphatic rings. The molecule has 1 rings (SSSR count). The number of rotatable bonds is 7. The highest BCUT2D eigenvalue weighted by molar-refractivity contribution is 5.03. The molecule has 4 nitrogen and oxygen atoms in total. The van der Waals surface area contributed by atoms with Gasteiger partial charge in [0, 0.05) is 18.3 Å². The van der Waals surface area contributed by atoms with Crippen LogP contribution in [0, 0.1) is 0 Å². The number of aromatic nitrogens is 2. The van der Waals surface area contributed by atoms with Crippen LogP contribution in [0.2, 0.25) is 0 Å². The molecule has 98 valence electrons. The van der Waals surface area contributed by atoms with E-state index in [1.165, 1.54) is 0 Å². The van der Waals surface area contributed by atoms with E-state index >= 15 is 0 Å². The Morgan fingerprint density at radius 1 is 1.47 bits per heavy atom. The number of alkyl halides is 3. The second kappa shape index (κ2) is 6.61. The number of hydrogen-bond donors (Lipinski definition) is 1. The van der Waals surface area contributed by atoms with E-state index in [4.69, 9.17) is 0 Å². The van der Waals surface area contributed by atoms with Crippen LogP contribution in [0.25, 0.3) is 0 Å². The summed E-state index contributed by atoms with van der Waals surface area (Å²) >= 11 is 0. The quantitative estimate of drug-likeness (QED) is 0.748. The average Bonchev–Trinajstić information content (AvgIpc) is 2.68. The Bertz CT molecular complexity index is 325. The predicted molar refractivity (Wildman–Crippen MR) is 56.5 cm³/mol. The Labute approximate surface area is 97.8 Å². The first-order valence-electron chi connectivity index (χ1n) is 5.38. The fraction of sp³-hybridized carbons (Fsp3) is 0.700. The van der Waals surface area contributed by atoms with Gasteiger partial charge < -0.3 is 10.1 Å². The summed E-state index contributed by atoms with van der Waals surface area (Å²) in [6, 6.07) is 0. The number of nitrogens with one attached hydrogen (secondary N) is 1. The van der Waals surface area contributed by atoms with Gasteiger partial charge in [0.2, 0.25) is 0 Å². The Morgan fingerprint density at radius 2 is 2.24 bits per heavy atom. The van der Waals surface area contributed by atoms with E-state index in [2.05, 4.69) is 15.2 Å². The van der Waals surface area contributed by atoms with Crippen LogP contribution >= 0.6 is 0 Å². The van der Waals surface area contributed by atoms with Crippen molar-refractivity contribution in [1.82, 2.24) is 15.1 Å². The maximum absolute atomic E-state index is 11.8. The molecule has 0 unspecified atom stereocenters. The van der Waals surface area contributed by atoms with Crippen molar-refractivity contribution in [2.24, 2.45) is 0 Å². The van der Waals surface area contributed by atoms with Crippen LogP contribution < -0.4 is 5.32 Å². The lowest BCUT2D eigenvalue weighted by molar-refractivity contribution is -0.174. The van der Waals surface area contributed by atoms with E-state index in [-0.39, 0.29) is 6.61 Å². The normalized spacial score (nSPS) is 12.0. The maximum Gasteiger partial charge on any atom is 0.411 e. The highest BCUT2D eigenvalue weighted by atomic mass is 19.4. The van der Waals surface area contributed by atoms with E-state index in [0.29, 0.717) is 13.1 Å². The molecule has 0 saturated carbocycles. The Hall–Kier alpha value is -1.08. The molecular weight excluding hydrogens is 235 g/mol. The molecule has 1 aromatic heterocycles. The van der Waals surface area contributed by atoms with Crippen LogP contribution in [-0.2, 0) is 17.8 Å². The van der Waals surface area contributed by atoms with Gasteiger partial charge in [-0.2, -0.15) is 18.3 Å². The van der Waals surface area contributed by atoms with Crippen LogP contribution in [0.15, 0.2) is 12.4 Å². The zero-order chi connectivity index (χ0) is 12.7. The van der Waals surface area contributed by atoms with Gasteiger partial charge in [-0.3, -0.25) is 4.68 Å². The fourth-order valence-electron chi connectivity index (χ4n) is 1.24. The van der Waals surface area contributed by atoms with Crippen molar-refractivity contribution in [3.05, 3.63) is 18.0 Å². The van der Waals surface area contributed by atoms with Crippen molar-refractivity contribution >= 4 is 0 Å². The van der Waals surface area contributed by atoms with Gasteiger partial charge in [0.25, 0.3) is 0 Å². The molecule has 0 atom stereocenters. The number of nitrogens with zero attached hydrogens (tertiary/aromatic N) is 2. The molecule has 7 heteroatoms. The summed E-state index contributed by atoms with van der Waals surface area (Å²) in [4.78, 5) is 0. The zero-order valence-corrected chi connectivity index (χ0v) is 9.63. The molecule has 0 aliphatic carbocycles. The van der Waals surface area contributed by atoms with Crippen LogP contribution in [0.5, 0.6) is 0 Å². The Balaban J connectivity index is 2.21. The minimum absolute atomic E-state index is 0.00182. The summed E-state index contributed by atoms with van der Waals surface area (Å²) in [6.45, 7) is 2.68. The molecule has 0 amide bonds. The topological polar surface area (TPSA) is 39.1 Å². The van der Waals surface area contributed by atoms with Crippen molar-refractivity contribution in [2.75, 3.05) is 19.8 Å². The van der Waals surface area contributed by atoms with Gasteiger partial charge in [-0.1, -0.05) is 6.92 Å². The maximum atomic E-state index is 11.8. The van der Waals surface area contributed by atoms with Gasteiger partial charge >= 0.3 is 6.18 Å². The molecule has 0 spiro atoms. The van der Waals surface area contributed by atoms with E-state index in [1.54, 1.807) is 17.1 Å². The summed E-state index contributed by atoms with van der Waals surface area (Å²) in [5.74, 6) is 0. The van der Waals surface area contributed by atoms with Gasteiger partial charge in [-0.05, 0) is 6.54 Å². The molecule has 0 aliphatic heterocycles. The van der Waals surface area contributed by atoms with Gasteiger partial charge in [-0.15, -0.1) is 0 Å². The number of halogens is 3. The van der Waals surface area contributed by atoms with E-state index in [1.807, 2.05) is 6.92 Å². The van der Waals surface area contributed by atoms with Crippen LogP contribution in [-0.4, -0.2) is 35.7 Å². The fourth-order valence-corrected chi connectivity index (χ4v) is 1.24. The van der Waals surface area contributed by atoms with Crippen LogP contribution in [0.4, 0.5) is 13.2 Å². The smallest absolute Gasteiger partial charge is 0.370 e. The lowest BCUT2D eigenvalue weighted by atomic mass is 10.3. The van der Waals surface area contributed by atoms with E-state index < -0.39 is 12.8 Å². The first kappa shape index (κ1) is 14.0. The zero-order valence-electron chi connectivity index (χ0n) is 9.63. The molecule has 1 N–H and O–H groups in total. The van der Waals surface area contributed by atoms with E-state index in [9.17, 15) is 13.2 Å². The summed E-state index contributed by atoms with van der Waals surface area (Å²) in [5.41, 5.74) is 1.00. The number of ether oxygens (including phenoxy) is 1. The third kappa shape index (κ3) is 6.28. The summed E-state index contributed by atoms with van der Waals surface area (Å²) in [6.07, 6.45) is -0.785. The van der Waals surface area contributed by atoms with Gasteiger partial charge in [0.15, 0.2) is 0 Å².